The number of nitrogens with zero attached hydrogens (tertiary/aromatic N) is 1. The van der Waals surface area contributed by atoms with E-state index in [1.807, 2.05) is 12.1 Å². The molecule has 1 unspecified atom stereocenters. The molecule has 2 heterocycles. The van der Waals surface area contributed by atoms with Crippen molar-refractivity contribution >= 4 is 29.2 Å². The van der Waals surface area contributed by atoms with E-state index in [1.54, 1.807) is 12.3 Å². The minimum atomic E-state index is -0.0886. The van der Waals surface area contributed by atoms with Crippen LogP contribution in [0.5, 0.6) is 0 Å². The van der Waals surface area contributed by atoms with E-state index in [0.717, 1.165) is 43.2 Å². The number of hydrogen-bond acceptors (Lipinski definition) is 4. The van der Waals surface area contributed by atoms with E-state index in [1.165, 1.54) is 11.1 Å². The molecule has 0 radical (unpaired) electrons. The van der Waals surface area contributed by atoms with Gasteiger partial charge in [0.15, 0.2) is 5.78 Å². The molecule has 1 amide bonds. The summed E-state index contributed by atoms with van der Waals surface area (Å²) in [7, 11) is 0. The summed E-state index contributed by atoms with van der Waals surface area (Å²) in [5.74, 6) is 1.25. The van der Waals surface area contributed by atoms with Crippen LogP contribution in [0.15, 0.2) is 54.7 Å². The van der Waals surface area contributed by atoms with E-state index in [4.69, 9.17) is 0 Å². The minimum absolute atomic E-state index is 0.0886. The standard InChI is InChI=1S/C26H29N3O2/c30-24(14-11-20-15-23-17-27-18-25(31)29-26(23)28-16-20)13-10-19-5-4-8-22(12-9-19)21-6-2-1-3-7-21/h1-3,6-8,11,14-16,19,27H,4-5,9-10,12-13,17-18H2,(H,28,29,31)/b14-11+. The number of nitrogens with one attached hydrogen (secondary N) is 2. The third-order valence-electron chi connectivity index (χ3n) is 6.04. The molecule has 5 heteroatoms. The number of hydrogen-bond donors (Lipinski definition) is 2. The summed E-state index contributed by atoms with van der Waals surface area (Å²) < 4.78 is 0. The van der Waals surface area contributed by atoms with Crippen molar-refractivity contribution in [3.05, 3.63) is 71.4 Å². The van der Waals surface area contributed by atoms with Crippen molar-refractivity contribution in [3.63, 3.8) is 0 Å². The number of ketones is 1. The first-order chi connectivity index (χ1) is 15.2. The van der Waals surface area contributed by atoms with Crippen LogP contribution in [0.3, 0.4) is 0 Å². The van der Waals surface area contributed by atoms with Crippen LogP contribution in [-0.2, 0) is 16.1 Å². The second-order valence-electron chi connectivity index (χ2n) is 8.34. The highest BCUT2D eigenvalue weighted by atomic mass is 16.2. The summed E-state index contributed by atoms with van der Waals surface area (Å²) in [5.41, 5.74) is 4.57. The van der Waals surface area contributed by atoms with Crippen molar-refractivity contribution in [3.8, 4) is 0 Å². The Morgan fingerprint density at radius 3 is 2.90 bits per heavy atom. The number of fused-ring (bicyclic) bond motifs is 1. The number of pyridine rings is 1. The average Bonchev–Trinajstić information content (AvgIpc) is 3.14. The van der Waals surface area contributed by atoms with Gasteiger partial charge >= 0.3 is 0 Å². The van der Waals surface area contributed by atoms with E-state index in [0.29, 0.717) is 24.7 Å². The Hall–Kier alpha value is -3.05. The lowest BCUT2D eigenvalue weighted by Gasteiger charge is -2.13. The Morgan fingerprint density at radius 1 is 1.16 bits per heavy atom. The molecule has 31 heavy (non-hydrogen) atoms. The maximum Gasteiger partial charge on any atom is 0.239 e. The molecule has 0 bridgehead atoms. The zero-order valence-corrected chi connectivity index (χ0v) is 17.8. The van der Waals surface area contributed by atoms with Crippen LogP contribution in [0.1, 0.15) is 55.2 Å². The Kier molecular flexibility index (Phi) is 7.05. The predicted octanol–water partition coefficient (Wildman–Crippen LogP) is 4.76. The lowest BCUT2D eigenvalue weighted by molar-refractivity contribution is -0.115. The van der Waals surface area contributed by atoms with Gasteiger partial charge in [-0.05, 0) is 72.9 Å². The Balaban J connectivity index is 1.26. The quantitative estimate of drug-likeness (QED) is 0.668. The van der Waals surface area contributed by atoms with Crippen LogP contribution < -0.4 is 10.6 Å². The predicted molar refractivity (Wildman–Crippen MR) is 124 cm³/mol. The van der Waals surface area contributed by atoms with Gasteiger partial charge in [-0.1, -0.05) is 36.4 Å². The van der Waals surface area contributed by atoms with Gasteiger partial charge in [-0.3, -0.25) is 9.59 Å². The number of carbonyl (C=O) groups is 2. The van der Waals surface area contributed by atoms with Crippen molar-refractivity contribution in [1.29, 1.82) is 0 Å². The van der Waals surface area contributed by atoms with E-state index in [9.17, 15) is 9.59 Å². The molecule has 2 aliphatic rings. The van der Waals surface area contributed by atoms with Crippen LogP contribution >= 0.6 is 0 Å². The van der Waals surface area contributed by atoms with Gasteiger partial charge in [0.2, 0.25) is 5.91 Å². The fourth-order valence-electron chi connectivity index (χ4n) is 4.28. The van der Waals surface area contributed by atoms with Crippen molar-refractivity contribution in [1.82, 2.24) is 10.3 Å². The van der Waals surface area contributed by atoms with Crippen molar-refractivity contribution in [2.45, 2.75) is 45.1 Å². The highest BCUT2D eigenvalue weighted by molar-refractivity contribution is 5.94. The third-order valence-corrected chi connectivity index (χ3v) is 6.04. The molecule has 0 spiro atoms. The maximum absolute atomic E-state index is 12.4. The molecular weight excluding hydrogens is 386 g/mol. The summed E-state index contributed by atoms with van der Waals surface area (Å²) in [5, 5.41) is 5.86. The van der Waals surface area contributed by atoms with Gasteiger partial charge in [0.25, 0.3) is 0 Å². The van der Waals surface area contributed by atoms with Gasteiger partial charge in [-0.2, -0.15) is 0 Å². The second-order valence-corrected chi connectivity index (χ2v) is 8.34. The van der Waals surface area contributed by atoms with Crippen molar-refractivity contribution in [2.24, 2.45) is 5.92 Å². The zero-order valence-electron chi connectivity index (χ0n) is 17.8. The van der Waals surface area contributed by atoms with E-state index in [2.05, 4.69) is 52.0 Å². The molecular formula is C26H29N3O2. The van der Waals surface area contributed by atoms with E-state index in [-0.39, 0.29) is 18.2 Å². The minimum Gasteiger partial charge on any atom is -0.309 e. The molecule has 5 nitrogen and oxygen atoms in total. The molecule has 2 N–H and O–H groups in total. The smallest absolute Gasteiger partial charge is 0.239 e. The van der Waals surface area contributed by atoms with Gasteiger partial charge in [-0.15, -0.1) is 0 Å². The van der Waals surface area contributed by atoms with E-state index >= 15 is 0 Å². The van der Waals surface area contributed by atoms with Gasteiger partial charge in [-0.25, -0.2) is 4.98 Å². The first-order valence-corrected chi connectivity index (χ1v) is 11.1. The molecule has 0 saturated heterocycles. The number of anilines is 1. The second kappa shape index (κ2) is 10.3. The monoisotopic (exact) mass is 415 g/mol. The Labute approximate surface area is 183 Å². The van der Waals surface area contributed by atoms with Gasteiger partial charge in [0.1, 0.15) is 5.82 Å². The summed E-state index contributed by atoms with van der Waals surface area (Å²) >= 11 is 0. The molecule has 0 fully saturated rings. The normalized spacial score (nSPS) is 19.2. The molecule has 1 aromatic heterocycles. The SMILES string of the molecule is O=C(/C=C/c1cnc2c(c1)CNCC(=O)N2)CCC1CCC=C(c2ccccc2)CC1. The molecule has 1 aliphatic heterocycles. The van der Waals surface area contributed by atoms with E-state index < -0.39 is 0 Å². The highest BCUT2D eigenvalue weighted by Gasteiger charge is 2.16. The van der Waals surface area contributed by atoms with Crippen LogP contribution in [0, 0.1) is 5.92 Å². The van der Waals surface area contributed by atoms with Crippen molar-refractivity contribution < 1.29 is 9.59 Å². The number of carbonyl (C=O) groups excluding carboxylic acids is 2. The number of amides is 1. The molecule has 160 valence electrons. The van der Waals surface area contributed by atoms with Crippen LogP contribution in [-0.4, -0.2) is 23.2 Å². The summed E-state index contributed by atoms with van der Waals surface area (Å²) in [6.45, 7) is 0.862. The molecule has 2 aromatic rings. The fourth-order valence-corrected chi connectivity index (χ4v) is 4.28. The topological polar surface area (TPSA) is 71.1 Å². The van der Waals surface area contributed by atoms with Gasteiger partial charge in [0.05, 0.1) is 6.54 Å². The summed E-state index contributed by atoms with van der Waals surface area (Å²) in [4.78, 5) is 28.3. The number of benzene rings is 1. The first kappa shape index (κ1) is 21.2. The number of allylic oxidation sites excluding steroid dienone is 3. The Bertz CT molecular complexity index is 995. The number of aromatic nitrogens is 1. The van der Waals surface area contributed by atoms with Crippen molar-refractivity contribution in [2.75, 3.05) is 11.9 Å². The molecule has 1 aromatic carbocycles. The Morgan fingerprint density at radius 2 is 2.03 bits per heavy atom. The number of rotatable bonds is 6. The van der Waals surface area contributed by atoms with Crippen LogP contribution in [0.4, 0.5) is 5.82 Å². The fraction of sp³-hybridized carbons (Fsp3) is 0.346. The summed E-state index contributed by atoms with van der Waals surface area (Å²) in [6.07, 6.45) is 13.5. The third kappa shape index (κ3) is 5.98. The summed E-state index contributed by atoms with van der Waals surface area (Å²) in [6, 6.07) is 12.6. The lowest BCUT2D eigenvalue weighted by atomic mass is 9.92. The molecule has 1 atom stereocenters. The van der Waals surface area contributed by atoms with Crippen LogP contribution in [0.2, 0.25) is 0 Å². The molecule has 1 aliphatic carbocycles. The molecule has 4 rings (SSSR count). The average molecular weight is 416 g/mol. The first-order valence-electron chi connectivity index (χ1n) is 11.1. The lowest BCUT2D eigenvalue weighted by Crippen LogP contribution is -2.23. The highest BCUT2D eigenvalue weighted by Crippen LogP contribution is 2.31. The molecule has 0 saturated carbocycles. The zero-order chi connectivity index (χ0) is 21.5. The largest absolute Gasteiger partial charge is 0.309 e. The van der Waals surface area contributed by atoms with Gasteiger partial charge in [0, 0.05) is 24.7 Å². The van der Waals surface area contributed by atoms with Crippen LogP contribution in [0.25, 0.3) is 11.6 Å². The maximum atomic E-state index is 12.4. The van der Waals surface area contributed by atoms with Gasteiger partial charge < -0.3 is 10.6 Å².